The fraction of sp³-hybridized carbons (Fsp3) is 0.455. The number of anilines is 2. The van der Waals surface area contributed by atoms with E-state index >= 15 is 0 Å². The molecule has 0 aliphatic carbocycles. The van der Waals surface area contributed by atoms with Gasteiger partial charge < -0.3 is 10.6 Å². The van der Waals surface area contributed by atoms with Crippen LogP contribution in [0.3, 0.4) is 0 Å². The summed E-state index contributed by atoms with van der Waals surface area (Å²) in [5, 5.41) is 0. The predicted octanol–water partition coefficient (Wildman–Crippen LogP) is 2.85. The summed E-state index contributed by atoms with van der Waals surface area (Å²) in [6, 6.07) is 6.08. The van der Waals surface area contributed by atoms with Gasteiger partial charge in [-0.25, -0.2) is 0 Å². The molecule has 80 valence electrons. The summed E-state index contributed by atoms with van der Waals surface area (Å²) >= 11 is 0. The van der Waals surface area contributed by atoms with Crippen LogP contribution in [0.4, 0.5) is 11.4 Å². The third-order valence-electron chi connectivity index (χ3n) is 2.45. The Morgan fingerprint density at radius 1 is 1.21 bits per heavy atom. The number of nitrogens with two attached hydrogens (primary N) is 1. The zero-order valence-corrected chi connectivity index (χ0v) is 9.90. The fourth-order valence-corrected chi connectivity index (χ4v) is 1.55. The molecule has 0 saturated carbocycles. The first-order valence-electron chi connectivity index (χ1n) is 4.80. The van der Waals surface area contributed by atoms with Gasteiger partial charge in [0.05, 0.1) is 0 Å². The summed E-state index contributed by atoms with van der Waals surface area (Å²) in [5.74, 6) is 0. The number of hydrogen-bond donors (Lipinski definition) is 1. The summed E-state index contributed by atoms with van der Waals surface area (Å²) in [6.45, 7) is 8.45. The van der Waals surface area contributed by atoms with Crippen LogP contribution < -0.4 is 10.6 Å². The SMILES string of the molecule is CCN(CC)c1cccc(N)c1C.Cl. The van der Waals surface area contributed by atoms with E-state index in [1.165, 1.54) is 11.3 Å². The molecule has 1 aromatic rings. The maximum Gasteiger partial charge on any atom is 0.0416 e. The van der Waals surface area contributed by atoms with Gasteiger partial charge in [0.2, 0.25) is 0 Å². The van der Waals surface area contributed by atoms with Gasteiger partial charge in [0.1, 0.15) is 0 Å². The Balaban J connectivity index is 0.00000169. The quantitative estimate of drug-likeness (QED) is 0.785. The molecule has 1 aromatic carbocycles. The molecule has 0 fully saturated rings. The topological polar surface area (TPSA) is 29.3 Å². The van der Waals surface area contributed by atoms with Crippen molar-refractivity contribution in [2.24, 2.45) is 0 Å². The molecule has 1 rings (SSSR count). The average Bonchev–Trinajstić information content (AvgIpc) is 2.14. The normalized spacial score (nSPS) is 9.36. The Kier molecular flexibility index (Phi) is 5.39. The van der Waals surface area contributed by atoms with Gasteiger partial charge in [-0.2, -0.15) is 0 Å². The van der Waals surface area contributed by atoms with E-state index < -0.39 is 0 Å². The van der Waals surface area contributed by atoms with Crippen LogP contribution in [-0.2, 0) is 0 Å². The third kappa shape index (κ3) is 2.55. The molecule has 0 saturated heterocycles. The maximum atomic E-state index is 5.84. The van der Waals surface area contributed by atoms with E-state index in [2.05, 4.69) is 31.7 Å². The summed E-state index contributed by atoms with van der Waals surface area (Å²) < 4.78 is 0. The van der Waals surface area contributed by atoms with E-state index in [-0.39, 0.29) is 12.4 Å². The monoisotopic (exact) mass is 214 g/mol. The van der Waals surface area contributed by atoms with Crippen LogP contribution in [0.2, 0.25) is 0 Å². The highest BCUT2D eigenvalue weighted by atomic mass is 35.5. The minimum absolute atomic E-state index is 0. The van der Waals surface area contributed by atoms with Crippen LogP contribution in [-0.4, -0.2) is 13.1 Å². The van der Waals surface area contributed by atoms with Gasteiger partial charge in [0, 0.05) is 24.5 Å². The number of hydrogen-bond acceptors (Lipinski definition) is 2. The third-order valence-corrected chi connectivity index (χ3v) is 2.45. The van der Waals surface area contributed by atoms with Crippen molar-refractivity contribution in [1.82, 2.24) is 0 Å². The number of nitrogen functional groups attached to an aromatic ring is 1. The molecule has 0 spiro atoms. The van der Waals surface area contributed by atoms with E-state index in [0.717, 1.165) is 18.8 Å². The first-order chi connectivity index (χ1) is 6.20. The first-order valence-corrected chi connectivity index (χ1v) is 4.80. The number of halogens is 1. The van der Waals surface area contributed by atoms with E-state index in [1.54, 1.807) is 0 Å². The van der Waals surface area contributed by atoms with Gasteiger partial charge in [-0.05, 0) is 38.5 Å². The molecule has 2 N–H and O–H groups in total. The van der Waals surface area contributed by atoms with Crippen LogP contribution in [0.1, 0.15) is 19.4 Å². The number of benzene rings is 1. The van der Waals surface area contributed by atoms with Crippen LogP contribution in [0.15, 0.2) is 18.2 Å². The molecule has 0 aliphatic rings. The zero-order chi connectivity index (χ0) is 9.84. The predicted molar refractivity (Wildman–Crippen MR) is 66.4 cm³/mol. The lowest BCUT2D eigenvalue weighted by Gasteiger charge is -2.23. The van der Waals surface area contributed by atoms with E-state index in [9.17, 15) is 0 Å². The zero-order valence-electron chi connectivity index (χ0n) is 9.08. The highest BCUT2D eigenvalue weighted by molar-refractivity contribution is 5.85. The molecule has 0 heterocycles. The first kappa shape index (κ1) is 13.1. The second-order valence-electron chi connectivity index (χ2n) is 3.16. The lowest BCUT2D eigenvalue weighted by molar-refractivity contribution is 0.862. The Bertz CT molecular complexity index is 283. The van der Waals surface area contributed by atoms with Gasteiger partial charge in [0.15, 0.2) is 0 Å². The van der Waals surface area contributed by atoms with Gasteiger partial charge in [-0.1, -0.05) is 6.07 Å². The largest absolute Gasteiger partial charge is 0.398 e. The van der Waals surface area contributed by atoms with Crippen LogP contribution in [0.25, 0.3) is 0 Å². The van der Waals surface area contributed by atoms with Crippen molar-refractivity contribution in [3.8, 4) is 0 Å². The molecule has 0 aromatic heterocycles. The molecule has 0 aliphatic heterocycles. The van der Waals surface area contributed by atoms with E-state index in [1.807, 2.05) is 12.1 Å². The Morgan fingerprint density at radius 2 is 1.79 bits per heavy atom. The van der Waals surface area contributed by atoms with Crippen LogP contribution >= 0.6 is 12.4 Å². The van der Waals surface area contributed by atoms with Gasteiger partial charge >= 0.3 is 0 Å². The van der Waals surface area contributed by atoms with Crippen molar-refractivity contribution in [3.05, 3.63) is 23.8 Å². The van der Waals surface area contributed by atoms with Gasteiger partial charge in [0.25, 0.3) is 0 Å². The van der Waals surface area contributed by atoms with Crippen molar-refractivity contribution in [1.29, 1.82) is 0 Å². The minimum atomic E-state index is 0. The number of rotatable bonds is 3. The van der Waals surface area contributed by atoms with Gasteiger partial charge in [-0.15, -0.1) is 12.4 Å². The molecule has 14 heavy (non-hydrogen) atoms. The second-order valence-corrected chi connectivity index (χ2v) is 3.16. The van der Waals surface area contributed by atoms with Crippen molar-refractivity contribution >= 4 is 23.8 Å². The maximum absolute atomic E-state index is 5.84. The van der Waals surface area contributed by atoms with E-state index in [0.29, 0.717) is 0 Å². The fourth-order valence-electron chi connectivity index (χ4n) is 1.55. The molecular weight excluding hydrogens is 196 g/mol. The summed E-state index contributed by atoms with van der Waals surface area (Å²) in [5.41, 5.74) is 9.16. The van der Waals surface area contributed by atoms with Crippen molar-refractivity contribution < 1.29 is 0 Å². The van der Waals surface area contributed by atoms with E-state index in [4.69, 9.17) is 5.73 Å². The van der Waals surface area contributed by atoms with Crippen molar-refractivity contribution in [2.75, 3.05) is 23.7 Å². The molecule has 0 unspecified atom stereocenters. The highest BCUT2D eigenvalue weighted by Gasteiger charge is 2.05. The molecule has 0 atom stereocenters. The summed E-state index contributed by atoms with van der Waals surface area (Å²) in [6.07, 6.45) is 0. The molecule has 0 radical (unpaired) electrons. The molecule has 0 amide bonds. The molecular formula is C11H19ClN2. The number of nitrogens with zero attached hydrogens (tertiary/aromatic N) is 1. The Hall–Kier alpha value is -0.890. The standard InChI is InChI=1S/C11H18N2.ClH/c1-4-13(5-2)11-8-6-7-10(12)9(11)3;/h6-8H,4-5,12H2,1-3H3;1H. The van der Waals surface area contributed by atoms with Crippen LogP contribution in [0, 0.1) is 6.92 Å². The van der Waals surface area contributed by atoms with Crippen LogP contribution in [0.5, 0.6) is 0 Å². The lowest BCUT2D eigenvalue weighted by Crippen LogP contribution is -2.22. The lowest BCUT2D eigenvalue weighted by atomic mass is 10.1. The second kappa shape index (κ2) is 5.76. The summed E-state index contributed by atoms with van der Waals surface area (Å²) in [4.78, 5) is 2.31. The minimum Gasteiger partial charge on any atom is -0.398 e. The average molecular weight is 215 g/mol. The smallest absolute Gasteiger partial charge is 0.0416 e. The van der Waals surface area contributed by atoms with Crippen molar-refractivity contribution in [3.63, 3.8) is 0 Å². The molecule has 3 heteroatoms. The van der Waals surface area contributed by atoms with Crippen molar-refractivity contribution in [2.45, 2.75) is 20.8 Å². The Morgan fingerprint density at radius 3 is 2.29 bits per heavy atom. The summed E-state index contributed by atoms with van der Waals surface area (Å²) in [7, 11) is 0. The molecule has 2 nitrogen and oxygen atoms in total. The van der Waals surface area contributed by atoms with Gasteiger partial charge in [-0.3, -0.25) is 0 Å². The highest BCUT2D eigenvalue weighted by Crippen LogP contribution is 2.24. The Labute approximate surface area is 92.5 Å². The molecule has 0 bridgehead atoms.